The largest absolute Gasteiger partial charge is 0.494 e. The molecule has 0 aliphatic heterocycles. The van der Waals surface area contributed by atoms with E-state index in [-0.39, 0.29) is 5.69 Å². The predicted molar refractivity (Wildman–Crippen MR) is 76.9 cm³/mol. The summed E-state index contributed by atoms with van der Waals surface area (Å²) < 4.78 is 5.34. The van der Waals surface area contributed by atoms with Gasteiger partial charge in [-0.2, -0.15) is 0 Å². The van der Waals surface area contributed by atoms with Crippen molar-refractivity contribution in [1.29, 1.82) is 0 Å². The number of hydrogen-bond acceptors (Lipinski definition) is 4. The molecule has 1 rings (SSSR count). The predicted octanol–water partition coefficient (Wildman–Crippen LogP) is 3.99. The summed E-state index contributed by atoms with van der Waals surface area (Å²) in [6.07, 6.45) is 4.67. The quantitative estimate of drug-likeness (QED) is 0.417. The standard InChI is InChI=1S/C14H22N2O3/c1-3-5-6-7-8-15-12-9-13(16(17)18)11-14(10-12)19-4-2/h9-11,15H,3-8H2,1-2H3. The summed E-state index contributed by atoms with van der Waals surface area (Å²) >= 11 is 0. The van der Waals surface area contributed by atoms with Crippen LogP contribution in [-0.4, -0.2) is 18.1 Å². The van der Waals surface area contributed by atoms with Gasteiger partial charge < -0.3 is 10.1 Å². The van der Waals surface area contributed by atoms with Crippen LogP contribution >= 0.6 is 0 Å². The number of hydrogen-bond donors (Lipinski definition) is 1. The lowest BCUT2D eigenvalue weighted by Crippen LogP contribution is -2.03. The smallest absolute Gasteiger partial charge is 0.275 e. The third kappa shape index (κ3) is 5.59. The second-order valence-electron chi connectivity index (χ2n) is 4.39. The number of ether oxygens (including phenoxy) is 1. The van der Waals surface area contributed by atoms with E-state index in [9.17, 15) is 10.1 Å². The van der Waals surface area contributed by atoms with Gasteiger partial charge in [-0.3, -0.25) is 10.1 Å². The van der Waals surface area contributed by atoms with Crippen molar-refractivity contribution in [2.75, 3.05) is 18.5 Å². The Morgan fingerprint density at radius 1 is 1.21 bits per heavy atom. The number of unbranched alkanes of at least 4 members (excludes halogenated alkanes) is 3. The maximum Gasteiger partial charge on any atom is 0.275 e. The van der Waals surface area contributed by atoms with Gasteiger partial charge in [0, 0.05) is 24.4 Å². The zero-order valence-electron chi connectivity index (χ0n) is 11.6. The molecule has 0 amide bonds. The molecule has 0 radical (unpaired) electrons. The average molecular weight is 266 g/mol. The van der Waals surface area contributed by atoms with Crippen LogP contribution in [0.25, 0.3) is 0 Å². The number of nitrogens with one attached hydrogen (secondary N) is 1. The minimum absolute atomic E-state index is 0.0574. The first-order valence-corrected chi connectivity index (χ1v) is 6.83. The molecule has 0 saturated carbocycles. The van der Waals surface area contributed by atoms with Gasteiger partial charge in [0.25, 0.3) is 5.69 Å². The van der Waals surface area contributed by atoms with E-state index in [0.717, 1.165) is 18.7 Å². The summed E-state index contributed by atoms with van der Waals surface area (Å²) in [6, 6.07) is 4.80. The van der Waals surface area contributed by atoms with Gasteiger partial charge in [-0.15, -0.1) is 0 Å². The number of rotatable bonds is 9. The molecular weight excluding hydrogens is 244 g/mol. The number of nitro groups is 1. The fourth-order valence-electron chi connectivity index (χ4n) is 1.83. The minimum atomic E-state index is -0.398. The molecule has 0 bridgehead atoms. The van der Waals surface area contributed by atoms with Crippen molar-refractivity contribution in [3.05, 3.63) is 28.3 Å². The highest BCUT2D eigenvalue weighted by molar-refractivity contribution is 5.56. The van der Waals surface area contributed by atoms with Crippen LogP contribution < -0.4 is 10.1 Å². The summed E-state index contributed by atoms with van der Waals surface area (Å²) in [7, 11) is 0. The van der Waals surface area contributed by atoms with Gasteiger partial charge >= 0.3 is 0 Å². The van der Waals surface area contributed by atoms with Crippen LogP contribution in [0, 0.1) is 10.1 Å². The minimum Gasteiger partial charge on any atom is -0.494 e. The number of nitrogens with zero attached hydrogens (tertiary/aromatic N) is 1. The van der Waals surface area contributed by atoms with Crippen LogP contribution in [-0.2, 0) is 0 Å². The van der Waals surface area contributed by atoms with Gasteiger partial charge in [-0.05, 0) is 13.3 Å². The first-order chi connectivity index (χ1) is 9.17. The summed E-state index contributed by atoms with van der Waals surface area (Å²) in [5.41, 5.74) is 0.802. The molecule has 1 N–H and O–H groups in total. The summed E-state index contributed by atoms with van der Waals surface area (Å²) in [4.78, 5) is 10.4. The molecule has 1 aromatic rings. The third-order valence-corrected chi connectivity index (χ3v) is 2.77. The zero-order valence-corrected chi connectivity index (χ0v) is 11.6. The van der Waals surface area contributed by atoms with Crippen molar-refractivity contribution >= 4 is 11.4 Å². The molecule has 0 fully saturated rings. The molecule has 0 spiro atoms. The lowest BCUT2D eigenvalue weighted by atomic mass is 10.2. The Morgan fingerprint density at radius 3 is 2.63 bits per heavy atom. The van der Waals surface area contributed by atoms with Crippen molar-refractivity contribution < 1.29 is 9.66 Å². The molecule has 0 heterocycles. The van der Waals surface area contributed by atoms with Crippen molar-refractivity contribution in [2.24, 2.45) is 0 Å². The normalized spacial score (nSPS) is 10.2. The fourth-order valence-corrected chi connectivity index (χ4v) is 1.83. The Kier molecular flexibility index (Phi) is 6.71. The number of nitro benzene ring substituents is 1. The van der Waals surface area contributed by atoms with Gasteiger partial charge in [0.15, 0.2) is 0 Å². The second-order valence-corrected chi connectivity index (χ2v) is 4.39. The maximum absolute atomic E-state index is 10.8. The number of non-ortho nitro benzene ring substituents is 1. The Balaban J connectivity index is 2.62. The van der Waals surface area contributed by atoms with Crippen LogP contribution in [0.2, 0.25) is 0 Å². The monoisotopic (exact) mass is 266 g/mol. The molecule has 19 heavy (non-hydrogen) atoms. The van der Waals surface area contributed by atoms with Crippen molar-refractivity contribution in [3.63, 3.8) is 0 Å². The molecule has 5 heteroatoms. The van der Waals surface area contributed by atoms with E-state index in [1.54, 1.807) is 12.1 Å². The van der Waals surface area contributed by atoms with E-state index in [1.807, 2.05) is 6.92 Å². The van der Waals surface area contributed by atoms with Crippen molar-refractivity contribution in [1.82, 2.24) is 0 Å². The van der Waals surface area contributed by atoms with E-state index in [1.165, 1.54) is 25.3 Å². The Labute approximate surface area is 114 Å². The molecule has 0 aliphatic carbocycles. The highest BCUT2D eigenvalue weighted by Gasteiger charge is 2.10. The third-order valence-electron chi connectivity index (χ3n) is 2.77. The fraction of sp³-hybridized carbons (Fsp3) is 0.571. The van der Waals surface area contributed by atoms with Crippen LogP contribution in [0.3, 0.4) is 0 Å². The van der Waals surface area contributed by atoms with Crippen molar-refractivity contribution in [3.8, 4) is 5.75 Å². The van der Waals surface area contributed by atoms with Crippen LogP contribution in [0.1, 0.15) is 39.5 Å². The molecule has 0 atom stereocenters. The second kappa shape index (κ2) is 8.34. The molecule has 106 valence electrons. The summed E-state index contributed by atoms with van der Waals surface area (Å²) in [5, 5.41) is 14.1. The first-order valence-electron chi connectivity index (χ1n) is 6.83. The van der Waals surface area contributed by atoms with Crippen molar-refractivity contribution in [2.45, 2.75) is 39.5 Å². The van der Waals surface area contributed by atoms with Crippen LogP contribution in [0.15, 0.2) is 18.2 Å². The highest BCUT2D eigenvalue weighted by Crippen LogP contribution is 2.26. The van der Waals surface area contributed by atoms with E-state index in [4.69, 9.17) is 4.74 Å². The van der Waals surface area contributed by atoms with E-state index < -0.39 is 4.92 Å². The van der Waals surface area contributed by atoms with Gasteiger partial charge in [0.1, 0.15) is 5.75 Å². The summed E-state index contributed by atoms with van der Waals surface area (Å²) in [5.74, 6) is 0.535. The molecule has 0 saturated heterocycles. The molecule has 0 aliphatic rings. The van der Waals surface area contributed by atoms with Gasteiger partial charge in [-0.25, -0.2) is 0 Å². The molecule has 5 nitrogen and oxygen atoms in total. The SMILES string of the molecule is CCCCCCNc1cc(OCC)cc([N+](=O)[O-])c1. The lowest BCUT2D eigenvalue weighted by molar-refractivity contribution is -0.384. The van der Waals surface area contributed by atoms with Gasteiger partial charge in [0.05, 0.1) is 17.6 Å². The Bertz CT molecular complexity index is 408. The Morgan fingerprint density at radius 2 is 2.00 bits per heavy atom. The number of anilines is 1. The van der Waals surface area contributed by atoms with Gasteiger partial charge in [-0.1, -0.05) is 26.2 Å². The first kappa shape index (κ1) is 15.3. The molecule has 1 aromatic carbocycles. The van der Waals surface area contributed by atoms with Gasteiger partial charge in [0.2, 0.25) is 0 Å². The summed E-state index contributed by atoms with van der Waals surface area (Å²) in [6.45, 7) is 5.35. The topological polar surface area (TPSA) is 64.4 Å². The van der Waals surface area contributed by atoms with E-state index in [0.29, 0.717) is 12.4 Å². The zero-order chi connectivity index (χ0) is 14.1. The number of benzene rings is 1. The lowest BCUT2D eigenvalue weighted by Gasteiger charge is -2.09. The molecular formula is C14H22N2O3. The maximum atomic E-state index is 10.8. The molecule has 0 unspecified atom stereocenters. The average Bonchev–Trinajstić information content (AvgIpc) is 2.38. The van der Waals surface area contributed by atoms with Crippen LogP contribution in [0.4, 0.5) is 11.4 Å². The Hall–Kier alpha value is -1.78. The van der Waals surface area contributed by atoms with E-state index in [2.05, 4.69) is 12.2 Å². The van der Waals surface area contributed by atoms with E-state index >= 15 is 0 Å². The molecule has 0 aromatic heterocycles. The van der Waals surface area contributed by atoms with Crippen LogP contribution in [0.5, 0.6) is 5.75 Å². The highest BCUT2D eigenvalue weighted by atomic mass is 16.6.